The molecule has 31 heavy (non-hydrogen) atoms. The predicted octanol–water partition coefficient (Wildman–Crippen LogP) is 3.41. The minimum absolute atomic E-state index is 0.123. The first-order chi connectivity index (χ1) is 14.9. The standard InChI is InChI=1S/C21H24N4O4S2/c1-3-29-18-12-5-4-9-16(18)11-7-13-22-31(27,28)21-25-24-20(30-21)23-19(26)17-10-6-8-15(2)14-17/h4-6,8-10,12,14,22H,3,7,11,13H2,1-2H3,(H,23,24,26). The number of sulfonamides is 1. The van der Waals surface area contributed by atoms with Gasteiger partial charge in [0.25, 0.3) is 15.9 Å². The Labute approximate surface area is 185 Å². The fourth-order valence-electron chi connectivity index (χ4n) is 2.88. The van der Waals surface area contributed by atoms with E-state index in [9.17, 15) is 13.2 Å². The number of amides is 1. The number of rotatable bonds is 10. The molecular weight excluding hydrogens is 436 g/mol. The van der Waals surface area contributed by atoms with Crippen molar-refractivity contribution in [2.75, 3.05) is 18.5 Å². The molecule has 0 unspecified atom stereocenters. The predicted molar refractivity (Wildman–Crippen MR) is 120 cm³/mol. The largest absolute Gasteiger partial charge is 0.494 e. The fourth-order valence-corrected chi connectivity index (χ4v) is 4.89. The van der Waals surface area contributed by atoms with Crippen molar-refractivity contribution in [3.8, 4) is 5.75 Å². The Morgan fingerprint density at radius 2 is 1.94 bits per heavy atom. The van der Waals surface area contributed by atoms with E-state index in [0.717, 1.165) is 28.2 Å². The van der Waals surface area contributed by atoms with Gasteiger partial charge in [0.2, 0.25) is 9.47 Å². The molecule has 2 N–H and O–H groups in total. The molecule has 0 aliphatic heterocycles. The number of hydrogen-bond acceptors (Lipinski definition) is 7. The van der Waals surface area contributed by atoms with E-state index in [-0.39, 0.29) is 21.9 Å². The average molecular weight is 461 g/mol. The molecule has 164 valence electrons. The maximum absolute atomic E-state index is 12.5. The van der Waals surface area contributed by atoms with E-state index in [4.69, 9.17) is 4.74 Å². The van der Waals surface area contributed by atoms with E-state index in [1.165, 1.54) is 0 Å². The Bertz CT molecular complexity index is 1150. The quantitative estimate of drug-likeness (QED) is 0.354. The van der Waals surface area contributed by atoms with E-state index >= 15 is 0 Å². The Morgan fingerprint density at radius 3 is 2.71 bits per heavy atom. The third kappa shape index (κ3) is 6.33. The van der Waals surface area contributed by atoms with Crippen LogP contribution in [0, 0.1) is 6.92 Å². The van der Waals surface area contributed by atoms with Crippen molar-refractivity contribution in [1.29, 1.82) is 0 Å². The molecule has 0 spiro atoms. The summed E-state index contributed by atoms with van der Waals surface area (Å²) in [4.78, 5) is 12.3. The number of nitrogens with zero attached hydrogens (tertiary/aromatic N) is 2. The maximum atomic E-state index is 12.5. The Balaban J connectivity index is 1.54. The first-order valence-corrected chi connectivity index (χ1v) is 12.1. The first kappa shape index (κ1) is 22.9. The number of ether oxygens (including phenoxy) is 1. The Kier molecular flexibility index (Phi) is 7.72. The van der Waals surface area contributed by atoms with Crippen molar-refractivity contribution >= 4 is 32.4 Å². The van der Waals surface area contributed by atoms with Gasteiger partial charge in [-0.2, -0.15) is 0 Å². The molecule has 2 aromatic carbocycles. The summed E-state index contributed by atoms with van der Waals surface area (Å²) in [6.45, 7) is 4.62. The molecule has 1 heterocycles. The van der Waals surface area contributed by atoms with Gasteiger partial charge in [-0.25, -0.2) is 13.1 Å². The summed E-state index contributed by atoms with van der Waals surface area (Å²) in [5, 5.41) is 10.2. The molecule has 0 aliphatic carbocycles. The van der Waals surface area contributed by atoms with Gasteiger partial charge in [-0.05, 0) is 50.5 Å². The highest BCUT2D eigenvalue weighted by Crippen LogP contribution is 2.21. The number of aryl methyl sites for hydroxylation is 2. The molecule has 0 fully saturated rings. The highest BCUT2D eigenvalue weighted by molar-refractivity contribution is 7.91. The molecule has 1 amide bonds. The lowest BCUT2D eigenvalue weighted by molar-refractivity contribution is 0.102. The fraction of sp³-hybridized carbons (Fsp3) is 0.286. The van der Waals surface area contributed by atoms with Crippen LogP contribution in [0.2, 0.25) is 0 Å². The number of aromatic nitrogens is 2. The van der Waals surface area contributed by atoms with Crippen molar-refractivity contribution in [3.05, 3.63) is 65.2 Å². The number of carbonyl (C=O) groups excluding carboxylic acids is 1. The van der Waals surface area contributed by atoms with Crippen LogP contribution in [0.25, 0.3) is 0 Å². The van der Waals surface area contributed by atoms with Crippen molar-refractivity contribution in [1.82, 2.24) is 14.9 Å². The van der Waals surface area contributed by atoms with Crippen molar-refractivity contribution in [3.63, 3.8) is 0 Å². The summed E-state index contributed by atoms with van der Waals surface area (Å²) in [7, 11) is -3.81. The highest BCUT2D eigenvalue weighted by atomic mass is 32.2. The molecule has 0 saturated carbocycles. The molecule has 0 aliphatic rings. The van der Waals surface area contributed by atoms with Crippen molar-refractivity contribution in [2.45, 2.75) is 31.0 Å². The number of carbonyl (C=O) groups is 1. The molecule has 0 radical (unpaired) electrons. The summed E-state index contributed by atoms with van der Waals surface area (Å²) in [6, 6.07) is 14.8. The Hall–Kier alpha value is -2.82. The van der Waals surface area contributed by atoms with Crippen LogP contribution >= 0.6 is 11.3 Å². The molecule has 0 bridgehead atoms. The number of hydrogen-bond donors (Lipinski definition) is 2. The van der Waals surface area contributed by atoms with E-state index in [1.807, 2.05) is 44.2 Å². The van der Waals surface area contributed by atoms with Crippen LogP contribution in [0.15, 0.2) is 52.9 Å². The van der Waals surface area contributed by atoms with Gasteiger partial charge in [-0.1, -0.05) is 47.2 Å². The van der Waals surface area contributed by atoms with Crippen LogP contribution in [0.5, 0.6) is 5.75 Å². The SMILES string of the molecule is CCOc1ccccc1CCCNS(=O)(=O)c1nnc(NC(=O)c2cccc(C)c2)s1. The topological polar surface area (TPSA) is 110 Å². The molecular formula is C21H24N4O4S2. The highest BCUT2D eigenvalue weighted by Gasteiger charge is 2.21. The minimum Gasteiger partial charge on any atom is -0.494 e. The van der Waals surface area contributed by atoms with Crippen molar-refractivity contribution < 1.29 is 17.9 Å². The summed E-state index contributed by atoms with van der Waals surface area (Å²) in [5.41, 5.74) is 2.44. The zero-order valence-corrected chi connectivity index (χ0v) is 18.9. The van der Waals surface area contributed by atoms with Gasteiger partial charge in [-0.15, -0.1) is 10.2 Å². The van der Waals surface area contributed by atoms with Crippen LogP contribution in [0.3, 0.4) is 0 Å². The summed E-state index contributed by atoms with van der Waals surface area (Å²) < 4.78 is 32.9. The van der Waals surface area contributed by atoms with Gasteiger partial charge in [0.1, 0.15) is 5.75 Å². The minimum atomic E-state index is -3.81. The maximum Gasteiger partial charge on any atom is 0.269 e. The molecule has 8 nitrogen and oxygen atoms in total. The van der Waals surface area contributed by atoms with E-state index in [2.05, 4.69) is 20.2 Å². The number of nitrogens with one attached hydrogen (secondary N) is 2. The molecule has 0 atom stereocenters. The van der Waals surface area contributed by atoms with Gasteiger partial charge in [-0.3, -0.25) is 10.1 Å². The second kappa shape index (κ2) is 10.5. The van der Waals surface area contributed by atoms with Crippen LogP contribution in [0.1, 0.15) is 34.8 Å². The summed E-state index contributed by atoms with van der Waals surface area (Å²) in [5.74, 6) is 0.440. The smallest absolute Gasteiger partial charge is 0.269 e. The monoisotopic (exact) mass is 460 g/mol. The van der Waals surface area contributed by atoms with Gasteiger partial charge in [0.15, 0.2) is 0 Å². The summed E-state index contributed by atoms with van der Waals surface area (Å²) >= 11 is 0.806. The number of para-hydroxylation sites is 1. The van der Waals surface area contributed by atoms with Gasteiger partial charge < -0.3 is 4.74 Å². The average Bonchev–Trinajstić information content (AvgIpc) is 3.22. The normalized spacial score (nSPS) is 11.3. The van der Waals surface area contributed by atoms with Crippen LogP contribution in [-0.4, -0.2) is 37.7 Å². The zero-order valence-electron chi connectivity index (χ0n) is 17.3. The van der Waals surface area contributed by atoms with Gasteiger partial charge >= 0.3 is 0 Å². The number of anilines is 1. The lowest BCUT2D eigenvalue weighted by Gasteiger charge is -2.10. The third-order valence-electron chi connectivity index (χ3n) is 4.32. The van der Waals surface area contributed by atoms with Crippen LogP contribution in [0.4, 0.5) is 5.13 Å². The lowest BCUT2D eigenvalue weighted by atomic mass is 10.1. The molecule has 10 heteroatoms. The molecule has 1 aromatic heterocycles. The molecule has 0 saturated heterocycles. The van der Waals surface area contributed by atoms with Gasteiger partial charge in [0.05, 0.1) is 6.61 Å². The number of benzene rings is 2. The second-order valence-corrected chi connectivity index (χ2v) is 9.66. The van der Waals surface area contributed by atoms with E-state index in [0.29, 0.717) is 25.0 Å². The zero-order chi connectivity index (χ0) is 22.3. The Morgan fingerprint density at radius 1 is 1.13 bits per heavy atom. The van der Waals surface area contributed by atoms with Crippen LogP contribution < -0.4 is 14.8 Å². The van der Waals surface area contributed by atoms with Crippen molar-refractivity contribution in [2.24, 2.45) is 0 Å². The van der Waals surface area contributed by atoms with E-state index in [1.54, 1.807) is 18.2 Å². The van der Waals surface area contributed by atoms with Crippen LogP contribution in [-0.2, 0) is 16.4 Å². The second-order valence-electron chi connectivity index (χ2n) is 6.74. The first-order valence-electron chi connectivity index (χ1n) is 9.81. The molecule has 3 rings (SSSR count). The lowest BCUT2D eigenvalue weighted by Crippen LogP contribution is -2.25. The van der Waals surface area contributed by atoms with E-state index < -0.39 is 10.0 Å². The molecule has 3 aromatic rings. The summed E-state index contributed by atoms with van der Waals surface area (Å²) in [6.07, 6.45) is 1.27. The van der Waals surface area contributed by atoms with Gasteiger partial charge in [0, 0.05) is 12.1 Å². The third-order valence-corrected chi connectivity index (χ3v) is 6.99.